The number of rotatable bonds is 3. The molecular weight excluding hydrogens is 286 g/mol. The first kappa shape index (κ1) is 14.8. The third-order valence-electron chi connectivity index (χ3n) is 3.92. The van der Waals surface area contributed by atoms with E-state index in [1.165, 1.54) is 0 Å². The Morgan fingerprint density at radius 1 is 1.50 bits per heavy atom. The number of hydrogen-bond acceptors (Lipinski definition) is 6. The topological polar surface area (TPSA) is 95.1 Å². The Kier molecular flexibility index (Phi) is 4.02. The van der Waals surface area contributed by atoms with Gasteiger partial charge in [0.25, 0.3) is 0 Å². The van der Waals surface area contributed by atoms with Gasteiger partial charge in [-0.15, -0.1) is 0 Å². The van der Waals surface area contributed by atoms with E-state index in [2.05, 4.69) is 21.1 Å². The predicted octanol–water partition coefficient (Wildman–Crippen LogP) is -0.402. The number of aliphatic imine (C=N–C) groups is 1. The van der Waals surface area contributed by atoms with Crippen LogP contribution in [0.3, 0.4) is 0 Å². The molecule has 3 aliphatic heterocycles. The van der Waals surface area contributed by atoms with Crippen LogP contribution in [0.2, 0.25) is 0 Å². The van der Waals surface area contributed by atoms with E-state index < -0.39 is 6.04 Å². The zero-order valence-electron chi connectivity index (χ0n) is 12.8. The minimum absolute atomic E-state index is 0.0781. The lowest BCUT2D eigenvalue weighted by atomic mass is 10.1. The lowest BCUT2D eigenvalue weighted by molar-refractivity contribution is -0.132. The number of nitrogens with one attached hydrogen (secondary N) is 3. The molecule has 0 aromatic rings. The van der Waals surface area contributed by atoms with Crippen molar-refractivity contribution < 1.29 is 14.3 Å². The molecule has 0 aromatic heterocycles. The summed E-state index contributed by atoms with van der Waals surface area (Å²) in [5.41, 5.74) is 4.06. The van der Waals surface area contributed by atoms with Gasteiger partial charge < -0.3 is 10.1 Å². The van der Waals surface area contributed by atoms with Gasteiger partial charge in [-0.05, 0) is 32.3 Å². The summed E-state index contributed by atoms with van der Waals surface area (Å²) in [7, 11) is 0. The summed E-state index contributed by atoms with van der Waals surface area (Å²) >= 11 is 0. The van der Waals surface area contributed by atoms with Crippen molar-refractivity contribution in [3.8, 4) is 0 Å². The zero-order chi connectivity index (χ0) is 15.7. The van der Waals surface area contributed by atoms with Gasteiger partial charge in [0.15, 0.2) is 0 Å². The van der Waals surface area contributed by atoms with Crippen LogP contribution < -0.4 is 16.1 Å². The quantitative estimate of drug-likeness (QED) is 0.659. The van der Waals surface area contributed by atoms with Crippen LogP contribution in [0.1, 0.15) is 33.1 Å². The van der Waals surface area contributed by atoms with E-state index in [0.29, 0.717) is 18.3 Å². The van der Waals surface area contributed by atoms with E-state index in [-0.39, 0.29) is 24.3 Å². The summed E-state index contributed by atoms with van der Waals surface area (Å²) in [5, 5.41) is 7.18. The van der Waals surface area contributed by atoms with Crippen molar-refractivity contribution in [2.24, 2.45) is 4.99 Å². The van der Waals surface area contributed by atoms with Crippen LogP contribution in [-0.2, 0) is 14.3 Å². The summed E-state index contributed by atoms with van der Waals surface area (Å²) in [6.45, 7) is 5.06. The molecule has 0 aliphatic carbocycles. The molecule has 8 heteroatoms. The first-order valence-electron chi connectivity index (χ1n) is 7.56. The van der Waals surface area contributed by atoms with Crippen LogP contribution in [0.15, 0.2) is 16.4 Å². The summed E-state index contributed by atoms with van der Waals surface area (Å²) in [5.74, 6) is 0.642. The second kappa shape index (κ2) is 5.96. The van der Waals surface area contributed by atoms with E-state index in [9.17, 15) is 9.59 Å². The molecule has 2 atom stereocenters. The highest BCUT2D eigenvalue weighted by Gasteiger charge is 2.39. The highest BCUT2D eigenvalue weighted by atomic mass is 16.5. The van der Waals surface area contributed by atoms with E-state index in [4.69, 9.17) is 4.74 Å². The number of carbonyl (C=O) groups excluding carboxylic acids is 2. The number of amides is 2. The SMILES string of the molecule is CC(C)=C1N=C2NC(=O)CC(C(=O)NCC3CCCO3)N2N1. The van der Waals surface area contributed by atoms with Crippen molar-refractivity contribution in [3.05, 3.63) is 11.4 Å². The molecule has 3 N–H and O–H groups in total. The fourth-order valence-electron chi connectivity index (χ4n) is 2.68. The molecule has 3 aliphatic rings. The van der Waals surface area contributed by atoms with Crippen molar-refractivity contribution in [1.82, 2.24) is 21.1 Å². The highest BCUT2D eigenvalue weighted by molar-refractivity contribution is 6.05. The lowest BCUT2D eigenvalue weighted by Gasteiger charge is -2.32. The Morgan fingerprint density at radius 3 is 3.00 bits per heavy atom. The summed E-state index contributed by atoms with van der Waals surface area (Å²) in [6.07, 6.45) is 2.16. The maximum atomic E-state index is 12.4. The highest BCUT2D eigenvalue weighted by Crippen LogP contribution is 2.18. The molecular formula is C14H21N5O3. The number of allylic oxidation sites excluding steroid dienone is 1. The third-order valence-corrected chi connectivity index (χ3v) is 3.92. The molecule has 0 aromatic carbocycles. The fraction of sp³-hybridized carbons (Fsp3) is 0.643. The second-order valence-electron chi connectivity index (χ2n) is 5.91. The maximum absolute atomic E-state index is 12.4. The summed E-state index contributed by atoms with van der Waals surface area (Å²) < 4.78 is 5.49. The standard InChI is InChI=1S/C14H21N5O3/c1-8(2)12-17-14-16-11(20)6-10(19(14)18-12)13(21)15-7-9-4-3-5-22-9/h9-10,18H,3-7H2,1-2H3,(H,15,21)(H,16,17,20). The fourth-order valence-corrected chi connectivity index (χ4v) is 2.68. The number of fused-ring (bicyclic) bond motifs is 1. The van der Waals surface area contributed by atoms with Crippen molar-refractivity contribution in [1.29, 1.82) is 0 Å². The van der Waals surface area contributed by atoms with Crippen LogP contribution in [-0.4, -0.2) is 48.1 Å². The van der Waals surface area contributed by atoms with Gasteiger partial charge in [0.1, 0.15) is 11.9 Å². The smallest absolute Gasteiger partial charge is 0.245 e. The van der Waals surface area contributed by atoms with Crippen LogP contribution >= 0.6 is 0 Å². The van der Waals surface area contributed by atoms with Crippen molar-refractivity contribution >= 4 is 17.8 Å². The number of hydrazine groups is 1. The number of guanidine groups is 1. The Labute approximate surface area is 128 Å². The van der Waals surface area contributed by atoms with Crippen molar-refractivity contribution in [2.45, 2.75) is 45.3 Å². The Balaban J connectivity index is 1.67. The largest absolute Gasteiger partial charge is 0.376 e. The molecule has 8 nitrogen and oxygen atoms in total. The minimum atomic E-state index is -0.606. The molecule has 120 valence electrons. The normalized spacial score (nSPS) is 27.0. The van der Waals surface area contributed by atoms with Gasteiger partial charge in [-0.3, -0.25) is 20.3 Å². The first-order chi connectivity index (χ1) is 10.5. The van der Waals surface area contributed by atoms with Gasteiger partial charge in [-0.25, -0.2) is 5.01 Å². The lowest BCUT2D eigenvalue weighted by Crippen LogP contribution is -2.62. The molecule has 0 saturated carbocycles. The van der Waals surface area contributed by atoms with Gasteiger partial charge >= 0.3 is 0 Å². The summed E-state index contributed by atoms with van der Waals surface area (Å²) in [6, 6.07) is -0.606. The average Bonchev–Trinajstić information content (AvgIpc) is 3.12. The molecule has 3 rings (SSSR count). The van der Waals surface area contributed by atoms with E-state index >= 15 is 0 Å². The molecule has 3 heterocycles. The van der Waals surface area contributed by atoms with Crippen LogP contribution in [0.5, 0.6) is 0 Å². The molecule has 0 spiro atoms. The molecule has 0 radical (unpaired) electrons. The van der Waals surface area contributed by atoms with Crippen LogP contribution in [0, 0.1) is 0 Å². The Morgan fingerprint density at radius 2 is 2.32 bits per heavy atom. The predicted molar refractivity (Wildman–Crippen MR) is 79.3 cm³/mol. The van der Waals surface area contributed by atoms with E-state index in [1.54, 1.807) is 5.01 Å². The molecule has 2 saturated heterocycles. The number of hydrogen-bond donors (Lipinski definition) is 3. The van der Waals surface area contributed by atoms with Crippen LogP contribution in [0.25, 0.3) is 0 Å². The molecule has 0 bridgehead atoms. The van der Waals surface area contributed by atoms with E-state index in [1.807, 2.05) is 13.8 Å². The minimum Gasteiger partial charge on any atom is -0.376 e. The van der Waals surface area contributed by atoms with E-state index in [0.717, 1.165) is 25.0 Å². The molecule has 2 unspecified atom stereocenters. The molecule has 2 amide bonds. The van der Waals surface area contributed by atoms with Gasteiger partial charge in [0.2, 0.25) is 17.8 Å². The van der Waals surface area contributed by atoms with Gasteiger partial charge in [0.05, 0.1) is 12.5 Å². The van der Waals surface area contributed by atoms with Gasteiger partial charge in [-0.2, -0.15) is 4.99 Å². The second-order valence-corrected chi connectivity index (χ2v) is 5.91. The number of nitrogens with zero attached hydrogens (tertiary/aromatic N) is 2. The van der Waals surface area contributed by atoms with Crippen molar-refractivity contribution in [3.63, 3.8) is 0 Å². The summed E-state index contributed by atoms with van der Waals surface area (Å²) in [4.78, 5) is 28.5. The number of carbonyl (C=O) groups is 2. The van der Waals surface area contributed by atoms with Gasteiger partial charge in [-0.1, -0.05) is 0 Å². The zero-order valence-corrected chi connectivity index (χ0v) is 12.8. The maximum Gasteiger partial charge on any atom is 0.245 e. The molecule has 22 heavy (non-hydrogen) atoms. The number of ether oxygens (including phenoxy) is 1. The monoisotopic (exact) mass is 307 g/mol. The third kappa shape index (κ3) is 2.92. The molecule has 2 fully saturated rings. The first-order valence-corrected chi connectivity index (χ1v) is 7.56. The van der Waals surface area contributed by atoms with Crippen LogP contribution in [0.4, 0.5) is 0 Å². The Bertz CT molecular complexity index is 547. The average molecular weight is 307 g/mol. The van der Waals surface area contributed by atoms with Crippen molar-refractivity contribution in [2.75, 3.05) is 13.2 Å². The van der Waals surface area contributed by atoms with Gasteiger partial charge in [0, 0.05) is 13.2 Å². The Hall–Kier alpha value is -2.09.